The second kappa shape index (κ2) is 4.41. The van der Waals surface area contributed by atoms with E-state index in [2.05, 4.69) is 5.10 Å². The maximum absolute atomic E-state index is 12.5. The van der Waals surface area contributed by atoms with E-state index in [1.807, 2.05) is 0 Å². The third-order valence-electron chi connectivity index (χ3n) is 2.22. The van der Waals surface area contributed by atoms with Crippen molar-refractivity contribution in [2.75, 3.05) is 0 Å². The highest BCUT2D eigenvalue weighted by Crippen LogP contribution is 2.30. The van der Waals surface area contributed by atoms with Crippen molar-refractivity contribution in [1.82, 2.24) is 9.78 Å². The number of nitrogens with zero attached hydrogens (tertiary/aromatic N) is 2. The van der Waals surface area contributed by atoms with Gasteiger partial charge < -0.3 is 0 Å². The molecule has 0 aliphatic rings. The first-order valence-electron chi connectivity index (χ1n) is 4.79. The molecule has 0 fully saturated rings. The fourth-order valence-electron chi connectivity index (χ4n) is 1.40. The van der Waals surface area contributed by atoms with Crippen molar-refractivity contribution < 1.29 is 13.2 Å². The monoisotopic (exact) mass is 260 g/mol. The number of benzene rings is 1. The van der Waals surface area contributed by atoms with E-state index in [1.54, 1.807) is 18.3 Å². The number of hydrogen-bond donors (Lipinski definition) is 0. The second-order valence-electron chi connectivity index (χ2n) is 3.43. The lowest BCUT2D eigenvalue weighted by molar-refractivity contribution is -0.137. The summed E-state index contributed by atoms with van der Waals surface area (Å²) in [4.78, 5) is 0. The molecule has 0 aliphatic carbocycles. The summed E-state index contributed by atoms with van der Waals surface area (Å²) < 4.78 is 38.9. The Hall–Kier alpha value is -1.49. The first kappa shape index (κ1) is 12.0. The molecule has 0 unspecified atom stereocenters. The normalized spacial score (nSPS) is 11.8. The van der Waals surface area contributed by atoms with Crippen molar-refractivity contribution in [1.29, 1.82) is 0 Å². The van der Waals surface area contributed by atoms with Gasteiger partial charge >= 0.3 is 6.18 Å². The van der Waals surface area contributed by atoms with E-state index >= 15 is 0 Å². The molecule has 2 rings (SSSR count). The van der Waals surface area contributed by atoms with Gasteiger partial charge in [0.15, 0.2) is 0 Å². The van der Waals surface area contributed by atoms with Crippen molar-refractivity contribution in [3.8, 4) is 5.69 Å². The third-order valence-corrected chi connectivity index (χ3v) is 2.49. The number of alkyl halides is 4. The molecule has 0 aliphatic heterocycles. The topological polar surface area (TPSA) is 17.8 Å². The molecule has 1 heterocycles. The Morgan fingerprint density at radius 3 is 2.59 bits per heavy atom. The summed E-state index contributed by atoms with van der Waals surface area (Å²) in [6, 6.07) is 6.63. The molecular formula is C11H8ClF3N2. The smallest absolute Gasteiger partial charge is 0.241 e. The lowest BCUT2D eigenvalue weighted by Crippen LogP contribution is -2.06. The van der Waals surface area contributed by atoms with Crippen LogP contribution in [0.3, 0.4) is 0 Å². The molecule has 1 aromatic heterocycles. The number of halogens is 4. The minimum Gasteiger partial charge on any atom is -0.241 e. The van der Waals surface area contributed by atoms with Gasteiger partial charge in [-0.2, -0.15) is 18.3 Å². The zero-order chi connectivity index (χ0) is 12.5. The number of hydrogen-bond acceptors (Lipinski definition) is 1. The summed E-state index contributed by atoms with van der Waals surface area (Å²) >= 11 is 5.58. The molecule has 6 heteroatoms. The lowest BCUT2D eigenvalue weighted by atomic mass is 10.2. The van der Waals surface area contributed by atoms with Gasteiger partial charge in [-0.25, -0.2) is 4.68 Å². The van der Waals surface area contributed by atoms with E-state index in [0.717, 1.165) is 12.1 Å². The number of rotatable bonds is 2. The van der Waals surface area contributed by atoms with Crippen LogP contribution in [0.5, 0.6) is 0 Å². The maximum atomic E-state index is 12.5. The molecule has 0 amide bonds. The predicted octanol–water partition coefficient (Wildman–Crippen LogP) is 3.63. The van der Waals surface area contributed by atoms with E-state index in [0.29, 0.717) is 11.4 Å². The molecule has 0 saturated heterocycles. The van der Waals surface area contributed by atoms with Crippen LogP contribution in [0.4, 0.5) is 13.2 Å². The van der Waals surface area contributed by atoms with Crippen LogP contribution in [0.15, 0.2) is 36.5 Å². The number of aromatic nitrogens is 2. The van der Waals surface area contributed by atoms with Gasteiger partial charge in [0.25, 0.3) is 0 Å². The molecule has 0 bridgehead atoms. The predicted molar refractivity (Wildman–Crippen MR) is 58.1 cm³/mol. The van der Waals surface area contributed by atoms with Gasteiger partial charge in [-0.3, -0.25) is 0 Å². The van der Waals surface area contributed by atoms with Crippen molar-refractivity contribution in [3.05, 3.63) is 47.8 Å². The van der Waals surface area contributed by atoms with Crippen molar-refractivity contribution in [2.45, 2.75) is 12.1 Å². The molecule has 90 valence electrons. The summed E-state index contributed by atoms with van der Waals surface area (Å²) in [5.74, 6) is 0.228. The summed E-state index contributed by atoms with van der Waals surface area (Å²) in [7, 11) is 0. The zero-order valence-electron chi connectivity index (χ0n) is 8.58. The first-order chi connectivity index (χ1) is 8.00. The summed E-state index contributed by atoms with van der Waals surface area (Å²) in [6.07, 6.45) is -2.77. The van der Waals surface area contributed by atoms with E-state index in [-0.39, 0.29) is 5.88 Å². The van der Waals surface area contributed by atoms with Crippen LogP contribution in [0, 0.1) is 0 Å². The van der Waals surface area contributed by atoms with Crippen LogP contribution in [-0.4, -0.2) is 9.78 Å². The fourth-order valence-corrected chi connectivity index (χ4v) is 1.54. The molecule has 2 nitrogen and oxygen atoms in total. The average Bonchev–Trinajstić information content (AvgIpc) is 2.76. The highest BCUT2D eigenvalue weighted by Gasteiger charge is 2.30. The SMILES string of the molecule is FC(F)(F)c1cccc(-n2ccc(CCl)n2)c1. The Morgan fingerprint density at radius 1 is 1.24 bits per heavy atom. The molecule has 0 spiro atoms. The summed E-state index contributed by atoms with van der Waals surface area (Å²) in [5, 5.41) is 4.04. The summed E-state index contributed by atoms with van der Waals surface area (Å²) in [6.45, 7) is 0. The van der Waals surface area contributed by atoms with Gasteiger partial charge in [-0.15, -0.1) is 11.6 Å². The molecule has 0 radical (unpaired) electrons. The molecule has 0 N–H and O–H groups in total. The largest absolute Gasteiger partial charge is 0.416 e. The van der Waals surface area contributed by atoms with Crippen molar-refractivity contribution in [3.63, 3.8) is 0 Å². The van der Waals surface area contributed by atoms with Crippen LogP contribution >= 0.6 is 11.6 Å². The lowest BCUT2D eigenvalue weighted by Gasteiger charge is -2.08. The van der Waals surface area contributed by atoms with Gasteiger partial charge in [0.2, 0.25) is 0 Å². The Kier molecular flexibility index (Phi) is 3.11. The molecule has 0 saturated carbocycles. The molecule has 0 atom stereocenters. The fraction of sp³-hybridized carbons (Fsp3) is 0.182. The minimum atomic E-state index is -4.35. The Labute approximate surface area is 101 Å². The van der Waals surface area contributed by atoms with Crippen LogP contribution in [0.1, 0.15) is 11.3 Å². The highest BCUT2D eigenvalue weighted by molar-refractivity contribution is 6.16. The van der Waals surface area contributed by atoms with E-state index in [1.165, 1.54) is 10.7 Å². The zero-order valence-corrected chi connectivity index (χ0v) is 9.33. The van der Waals surface area contributed by atoms with Gasteiger partial charge in [0, 0.05) is 6.20 Å². The highest BCUT2D eigenvalue weighted by atomic mass is 35.5. The van der Waals surface area contributed by atoms with E-state index < -0.39 is 11.7 Å². The van der Waals surface area contributed by atoms with Crippen LogP contribution in [-0.2, 0) is 12.1 Å². The standard InChI is InChI=1S/C11H8ClF3N2/c12-7-9-4-5-17(16-9)10-3-1-2-8(6-10)11(13,14)15/h1-6H,7H2. The van der Waals surface area contributed by atoms with Gasteiger partial charge in [-0.1, -0.05) is 6.07 Å². The van der Waals surface area contributed by atoms with Crippen molar-refractivity contribution in [2.24, 2.45) is 0 Å². The van der Waals surface area contributed by atoms with E-state index in [4.69, 9.17) is 11.6 Å². The molecule has 1 aromatic carbocycles. The first-order valence-corrected chi connectivity index (χ1v) is 5.32. The Bertz CT molecular complexity index is 519. The minimum absolute atomic E-state index is 0.228. The van der Waals surface area contributed by atoms with E-state index in [9.17, 15) is 13.2 Å². The van der Waals surface area contributed by atoms with Crippen LogP contribution in [0.25, 0.3) is 5.69 Å². The molecule has 2 aromatic rings. The molecule has 17 heavy (non-hydrogen) atoms. The second-order valence-corrected chi connectivity index (χ2v) is 3.70. The van der Waals surface area contributed by atoms with Crippen molar-refractivity contribution >= 4 is 11.6 Å². The molecular weight excluding hydrogens is 253 g/mol. The Balaban J connectivity index is 2.39. The van der Waals surface area contributed by atoms with Crippen LogP contribution < -0.4 is 0 Å². The maximum Gasteiger partial charge on any atom is 0.416 e. The van der Waals surface area contributed by atoms with Gasteiger partial charge in [0.1, 0.15) is 0 Å². The van der Waals surface area contributed by atoms with Gasteiger partial charge in [-0.05, 0) is 24.3 Å². The quantitative estimate of drug-likeness (QED) is 0.754. The average molecular weight is 261 g/mol. The van der Waals surface area contributed by atoms with Gasteiger partial charge in [0.05, 0.1) is 22.8 Å². The third kappa shape index (κ3) is 2.61. The van der Waals surface area contributed by atoms with Crippen LogP contribution in [0.2, 0.25) is 0 Å². The summed E-state index contributed by atoms with van der Waals surface area (Å²) in [5.41, 5.74) is 0.276. The Morgan fingerprint density at radius 2 is 2.00 bits per heavy atom.